The lowest BCUT2D eigenvalue weighted by atomic mass is 10.0. The Balaban J connectivity index is 1.78. The number of para-hydroxylation sites is 1. The van der Waals surface area contributed by atoms with Crippen LogP contribution in [0.5, 0.6) is 0 Å². The molecule has 3 N–H and O–H groups in total. The number of benzene rings is 1. The number of nitrogens with zero attached hydrogens (tertiary/aromatic N) is 5. The quantitative estimate of drug-likeness (QED) is 0.513. The number of hydrogen-bond acceptors (Lipinski definition) is 5. The molecule has 0 saturated heterocycles. The number of anilines is 1. The smallest absolute Gasteiger partial charge is 0.271 e. The number of nitrogens with one attached hydrogen (secondary N) is 1. The summed E-state index contributed by atoms with van der Waals surface area (Å²) in [6.45, 7) is 5.15. The molecule has 0 aliphatic heterocycles. The Morgan fingerprint density at radius 2 is 1.87 bits per heavy atom. The molecule has 9 heteroatoms. The van der Waals surface area contributed by atoms with Crippen molar-refractivity contribution in [2.75, 3.05) is 5.32 Å². The van der Waals surface area contributed by atoms with Crippen LogP contribution in [-0.4, -0.2) is 36.4 Å². The van der Waals surface area contributed by atoms with Gasteiger partial charge in [-0.25, -0.2) is 4.98 Å². The maximum absolute atomic E-state index is 13.2. The topological polar surface area (TPSA) is 121 Å². The fraction of sp³-hybridized carbons (Fsp3) is 0.190. The van der Waals surface area contributed by atoms with E-state index in [-0.39, 0.29) is 17.3 Å². The molecule has 0 unspecified atom stereocenters. The Hall–Kier alpha value is -4.01. The fourth-order valence-corrected chi connectivity index (χ4v) is 3.23. The van der Waals surface area contributed by atoms with Gasteiger partial charge in [-0.05, 0) is 26.0 Å². The number of hydrogen-bond donors (Lipinski definition) is 2. The standard InChI is InChI=1S/C21H21N7O2/c1-3-27-11-13(10-23-27)17-9-15(14-7-5-6-8-16(14)24-17)21(30)25-18-12-28(4-2)26-19(18)20(22)29/h5-12H,3-4H2,1-2H3,(H2,22,29)(H,25,30). The molecule has 0 radical (unpaired) electrons. The molecule has 3 heterocycles. The highest BCUT2D eigenvalue weighted by atomic mass is 16.2. The second-order valence-electron chi connectivity index (χ2n) is 6.72. The van der Waals surface area contributed by atoms with Gasteiger partial charge in [0.05, 0.1) is 28.7 Å². The third kappa shape index (κ3) is 3.52. The number of nitrogens with two attached hydrogens (primary N) is 1. The summed E-state index contributed by atoms with van der Waals surface area (Å²) in [6.07, 6.45) is 5.20. The van der Waals surface area contributed by atoms with E-state index >= 15 is 0 Å². The van der Waals surface area contributed by atoms with E-state index in [0.717, 1.165) is 12.1 Å². The summed E-state index contributed by atoms with van der Waals surface area (Å²) in [5, 5.41) is 11.9. The Morgan fingerprint density at radius 1 is 1.10 bits per heavy atom. The van der Waals surface area contributed by atoms with Crippen molar-refractivity contribution >= 4 is 28.4 Å². The van der Waals surface area contributed by atoms with Crippen LogP contribution in [0.15, 0.2) is 48.9 Å². The van der Waals surface area contributed by atoms with Gasteiger partial charge in [0, 0.05) is 36.4 Å². The molecular weight excluding hydrogens is 382 g/mol. The van der Waals surface area contributed by atoms with Gasteiger partial charge in [0.25, 0.3) is 11.8 Å². The number of rotatable bonds is 6. The van der Waals surface area contributed by atoms with Crippen LogP contribution in [0.3, 0.4) is 0 Å². The number of amides is 2. The molecule has 0 spiro atoms. The number of carbonyl (C=O) groups is 2. The van der Waals surface area contributed by atoms with Crippen molar-refractivity contribution in [3.63, 3.8) is 0 Å². The van der Waals surface area contributed by atoms with Crippen LogP contribution < -0.4 is 11.1 Å². The monoisotopic (exact) mass is 403 g/mol. The van der Waals surface area contributed by atoms with Crippen molar-refractivity contribution in [1.82, 2.24) is 24.5 Å². The predicted octanol–water partition coefficient (Wildman–Crippen LogP) is 2.69. The van der Waals surface area contributed by atoms with Gasteiger partial charge in [-0.2, -0.15) is 10.2 Å². The molecular formula is C21H21N7O2. The lowest BCUT2D eigenvalue weighted by Crippen LogP contribution is -2.18. The van der Waals surface area contributed by atoms with Crippen molar-refractivity contribution in [3.05, 3.63) is 60.2 Å². The van der Waals surface area contributed by atoms with E-state index in [1.165, 1.54) is 0 Å². The van der Waals surface area contributed by atoms with Gasteiger partial charge in [-0.15, -0.1) is 0 Å². The number of aromatic nitrogens is 5. The number of fused-ring (bicyclic) bond motifs is 1. The first-order valence-corrected chi connectivity index (χ1v) is 9.61. The average Bonchev–Trinajstić information content (AvgIpc) is 3.40. The lowest BCUT2D eigenvalue weighted by molar-refractivity contribution is 0.0995. The Bertz CT molecular complexity index is 1260. The van der Waals surface area contributed by atoms with Gasteiger partial charge < -0.3 is 11.1 Å². The van der Waals surface area contributed by atoms with Gasteiger partial charge in [0.1, 0.15) is 0 Å². The van der Waals surface area contributed by atoms with Crippen LogP contribution in [0, 0.1) is 0 Å². The van der Waals surface area contributed by atoms with Crippen LogP contribution in [-0.2, 0) is 13.1 Å². The number of pyridine rings is 1. The molecule has 0 bridgehead atoms. The number of carbonyl (C=O) groups excluding carboxylic acids is 2. The Labute approximate surface area is 172 Å². The average molecular weight is 403 g/mol. The van der Waals surface area contributed by atoms with Crippen molar-refractivity contribution in [2.24, 2.45) is 5.73 Å². The third-order valence-corrected chi connectivity index (χ3v) is 4.78. The fourth-order valence-electron chi connectivity index (χ4n) is 3.23. The van der Waals surface area contributed by atoms with Crippen molar-refractivity contribution in [2.45, 2.75) is 26.9 Å². The SMILES string of the molecule is CCn1cc(-c2cc(C(=O)Nc3cn(CC)nc3C(N)=O)c3ccccc3n2)cn1. The zero-order chi connectivity index (χ0) is 21.3. The molecule has 0 aliphatic rings. The van der Waals surface area contributed by atoms with E-state index in [9.17, 15) is 9.59 Å². The highest BCUT2D eigenvalue weighted by Crippen LogP contribution is 2.26. The van der Waals surface area contributed by atoms with Crippen molar-refractivity contribution in [1.29, 1.82) is 0 Å². The molecule has 2 amide bonds. The zero-order valence-electron chi connectivity index (χ0n) is 16.7. The molecule has 0 saturated carbocycles. The molecule has 4 rings (SSSR count). The van der Waals surface area contributed by atoms with Gasteiger partial charge in [0.2, 0.25) is 0 Å². The van der Waals surface area contributed by atoms with E-state index in [0.29, 0.717) is 28.7 Å². The van der Waals surface area contributed by atoms with E-state index in [1.54, 1.807) is 27.8 Å². The van der Waals surface area contributed by atoms with Gasteiger partial charge in [-0.3, -0.25) is 19.0 Å². The molecule has 4 aromatic rings. The number of primary amides is 1. The van der Waals surface area contributed by atoms with Crippen LogP contribution >= 0.6 is 0 Å². The van der Waals surface area contributed by atoms with Crippen LogP contribution in [0.2, 0.25) is 0 Å². The first-order chi connectivity index (χ1) is 14.5. The second-order valence-corrected chi connectivity index (χ2v) is 6.72. The molecule has 0 fully saturated rings. The van der Waals surface area contributed by atoms with Crippen molar-refractivity contribution < 1.29 is 9.59 Å². The van der Waals surface area contributed by atoms with Gasteiger partial charge in [0.15, 0.2) is 5.69 Å². The van der Waals surface area contributed by atoms with E-state index < -0.39 is 5.91 Å². The van der Waals surface area contributed by atoms with Crippen molar-refractivity contribution in [3.8, 4) is 11.3 Å². The molecule has 3 aromatic heterocycles. The summed E-state index contributed by atoms with van der Waals surface area (Å²) in [7, 11) is 0. The maximum atomic E-state index is 13.2. The van der Waals surface area contributed by atoms with Crippen LogP contribution in [0.4, 0.5) is 5.69 Å². The minimum Gasteiger partial charge on any atom is -0.364 e. The van der Waals surface area contributed by atoms with Gasteiger partial charge >= 0.3 is 0 Å². The molecule has 9 nitrogen and oxygen atoms in total. The van der Waals surface area contributed by atoms with Crippen LogP contribution in [0.1, 0.15) is 34.7 Å². The van der Waals surface area contributed by atoms with E-state index in [1.807, 2.05) is 44.3 Å². The first-order valence-electron chi connectivity index (χ1n) is 9.61. The molecule has 0 atom stereocenters. The largest absolute Gasteiger partial charge is 0.364 e. The second kappa shape index (κ2) is 7.78. The normalized spacial score (nSPS) is 11.0. The molecule has 30 heavy (non-hydrogen) atoms. The van der Waals surface area contributed by atoms with E-state index in [2.05, 4.69) is 20.5 Å². The predicted molar refractivity (Wildman–Crippen MR) is 113 cm³/mol. The molecule has 0 aliphatic carbocycles. The summed E-state index contributed by atoms with van der Waals surface area (Å²) in [6, 6.07) is 9.12. The molecule has 1 aromatic carbocycles. The lowest BCUT2D eigenvalue weighted by Gasteiger charge is -2.09. The maximum Gasteiger partial charge on any atom is 0.271 e. The minimum atomic E-state index is -0.704. The molecule has 152 valence electrons. The highest BCUT2D eigenvalue weighted by Gasteiger charge is 2.19. The summed E-state index contributed by atoms with van der Waals surface area (Å²) in [5.41, 5.74) is 8.28. The zero-order valence-corrected chi connectivity index (χ0v) is 16.7. The first kappa shape index (κ1) is 19.3. The summed E-state index contributed by atoms with van der Waals surface area (Å²) < 4.78 is 3.34. The summed E-state index contributed by atoms with van der Waals surface area (Å²) >= 11 is 0. The summed E-state index contributed by atoms with van der Waals surface area (Å²) in [5.74, 6) is -1.08. The van der Waals surface area contributed by atoms with Gasteiger partial charge in [-0.1, -0.05) is 18.2 Å². The van der Waals surface area contributed by atoms with Crippen LogP contribution in [0.25, 0.3) is 22.2 Å². The third-order valence-electron chi connectivity index (χ3n) is 4.78. The Kier molecular flexibility index (Phi) is 5.01. The minimum absolute atomic E-state index is 0.0213. The Morgan fingerprint density at radius 3 is 2.57 bits per heavy atom. The highest BCUT2D eigenvalue weighted by molar-refractivity contribution is 6.14. The number of aryl methyl sites for hydroxylation is 2. The summed E-state index contributed by atoms with van der Waals surface area (Å²) in [4.78, 5) is 29.6. The van der Waals surface area contributed by atoms with E-state index in [4.69, 9.17) is 5.73 Å².